The Kier molecular flexibility index (Phi) is 7.14. The Balaban J connectivity index is 2.30. The normalized spacial score (nSPS) is 21.2. The van der Waals surface area contributed by atoms with Crippen molar-refractivity contribution in [2.75, 3.05) is 38.2 Å². The Morgan fingerprint density at radius 3 is 2.39 bits per heavy atom. The number of hydrogen-bond acceptors (Lipinski definition) is 3. The van der Waals surface area contributed by atoms with E-state index in [1.165, 1.54) is 6.54 Å². The van der Waals surface area contributed by atoms with Gasteiger partial charge in [0.05, 0.1) is 19.3 Å². The average Bonchev–Trinajstić information content (AvgIpc) is 2.33. The molecule has 1 unspecified atom stereocenters. The first-order chi connectivity index (χ1) is 8.47. The first-order valence-corrected chi connectivity index (χ1v) is 8.10. The van der Waals surface area contributed by atoms with E-state index >= 15 is 0 Å². The number of likely N-dealkylation sites (tertiary alicyclic amines) is 1. The van der Waals surface area contributed by atoms with Gasteiger partial charge in [0.15, 0.2) is 0 Å². The fourth-order valence-corrected chi connectivity index (χ4v) is 3.52. The van der Waals surface area contributed by atoms with Crippen molar-refractivity contribution >= 4 is 15.9 Å². The summed E-state index contributed by atoms with van der Waals surface area (Å²) in [5, 5.41) is 9.82. The minimum Gasteiger partial charge on any atom is -0.394 e. The van der Waals surface area contributed by atoms with Crippen molar-refractivity contribution < 1.29 is 9.84 Å². The zero-order valence-corrected chi connectivity index (χ0v) is 13.6. The van der Waals surface area contributed by atoms with Crippen LogP contribution >= 0.6 is 15.9 Å². The SMILES string of the molecule is CC(C)(C)C(CBr)CN1CCC(OCCO)CC1. The summed E-state index contributed by atoms with van der Waals surface area (Å²) in [5.74, 6) is 0.687. The molecule has 1 fully saturated rings. The largest absolute Gasteiger partial charge is 0.394 e. The second kappa shape index (κ2) is 7.83. The first-order valence-electron chi connectivity index (χ1n) is 6.98. The molecule has 1 heterocycles. The molecule has 0 aromatic carbocycles. The molecule has 1 aliphatic heterocycles. The molecule has 1 atom stereocenters. The molecule has 0 radical (unpaired) electrons. The number of piperidine rings is 1. The minimum atomic E-state index is 0.135. The average molecular weight is 322 g/mol. The Morgan fingerprint density at radius 2 is 1.94 bits per heavy atom. The Bertz CT molecular complexity index is 222. The number of aliphatic hydroxyl groups excluding tert-OH is 1. The predicted molar refractivity (Wildman–Crippen MR) is 79.2 cm³/mol. The lowest BCUT2D eigenvalue weighted by atomic mass is 9.81. The molecule has 0 aliphatic carbocycles. The van der Waals surface area contributed by atoms with E-state index in [0.29, 0.717) is 24.0 Å². The maximum atomic E-state index is 8.75. The van der Waals surface area contributed by atoms with Crippen molar-refractivity contribution in [1.29, 1.82) is 0 Å². The van der Waals surface area contributed by atoms with Gasteiger partial charge >= 0.3 is 0 Å². The third-order valence-corrected chi connectivity index (χ3v) is 4.65. The van der Waals surface area contributed by atoms with Crippen LogP contribution in [0.1, 0.15) is 33.6 Å². The highest BCUT2D eigenvalue weighted by molar-refractivity contribution is 9.09. The summed E-state index contributed by atoms with van der Waals surface area (Å²) in [7, 11) is 0. The quantitative estimate of drug-likeness (QED) is 0.763. The lowest BCUT2D eigenvalue weighted by molar-refractivity contribution is -0.0120. The number of halogens is 1. The van der Waals surface area contributed by atoms with Crippen molar-refractivity contribution in [3.8, 4) is 0 Å². The van der Waals surface area contributed by atoms with Crippen LogP contribution in [0.25, 0.3) is 0 Å². The summed E-state index contributed by atoms with van der Waals surface area (Å²) in [5.41, 5.74) is 0.355. The van der Waals surface area contributed by atoms with Crippen molar-refractivity contribution in [2.45, 2.75) is 39.7 Å². The summed E-state index contributed by atoms with van der Waals surface area (Å²) in [4.78, 5) is 2.55. The number of rotatable bonds is 6. The highest BCUT2D eigenvalue weighted by Crippen LogP contribution is 2.29. The molecule has 1 rings (SSSR count). The topological polar surface area (TPSA) is 32.7 Å². The fourth-order valence-electron chi connectivity index (χ4n) is 2.34. The molecule has 0 spiro atoms. The van der Waals surface area contributed by atoms with Gasteiger partial charge in [0, 0.05) is 25.0 Å². The summed E-state index contributed by atoms with van der Waals surface area (Å²) in [6.07, 6.45) is 2.55. The van der Waals surface area contributed by atoms with Crippen LogP contribution in [-0.4, -0.2) is 54.3 Å². The Labute approximate surface area is 120 Å². The van der Waals surface area contributed by atoms with Gasteiger partial charge in [-0.25, -0.2) is 0 Å². The first kappa shape index (κ1) is 16.4. The van der Waals surface area contributed by atoms with E-state index in [-0.39, 0.29) is 6.61 Å². The minimum absolute atomic E-state index is 0.135. The third kappa shape index (κ3) is 5.55. The zero-order valence-electron chi connectivity index (χ0n) is 12.0. The molecule has 0 saturated carbocycles. The molecule has 0 aromatic heterocycles. The predicted octanol–water partition coefficient (Wildman–Crippen LogP) is 2.52. The van der Waals surface area contributed by atoms with Crippen LogP contribution in [0, 0.1) is 11.3 Å². The van der Waals surface area contributed by atoms with Crippen LogP contribution < -0.4 is 0 Å². The number of nitrogens with zero attached hydrogens (tertiary/aromatic N) is 1. The zero-order chi connectivity index (χ0) is 13.6. The highest BCUT2D eigenvalue weighted by Gasteiger charge is 2.27. The van der Waals surface area contributed by atoms with Crippen molar-refractivity contribution in [1.82, 2.24) is 4.90 Å². The molecule has 1 aliphatic rings. The van der Waals surface area contributed by atoms with Gasteiger partial charge in [-0.3, -0.25) is 0 Å². The second-order valence-corrected chi connectivity index (χ2v) is 6.96. The number of ether oxygens (including phenoxy) is 1. The molecule has 0 aromatic rings. The molecule has 1 saturated heterocycles. The summed E-state index contributed by atoms with van der Waals surface area (Å²) in [6.45, 7) is 11.0. The summed E-state index contributed by atoms with van der Waals surface area (Å²) < 4.78 is 5.59. The Hall–Kier alpha value is 0.360. The van der Waals surface area contributed by atoms with E-state index in [2.05, 4.69) is 41.6 Å². The van der Waals surface area contributed by atoms with E-state index in [1.807, 2.05) is 0 Å². The van der Waals surface area contributed by atoms with Crippen LogP contribution in [0.2, 0.25) is 0 Å². The molecule has 0 bridgehead atoms. The molecular formula is C14H28BrNO2. The third-order valence-electron chi connectivity index (χ3n) is 3.87. The van der Waals surface area contributed by atoms with Crippen LogP contribution in [0.3, 0.4) is 0 Å². The number of aliphatic hydroxyl groups is 1. The highest BCUT2D eigenvalue weighted by atomic mass is 79.9. The van der Waals surface area contributed by atoms with Crippen LogP contribution in [-0.2, 0) is 4.74 Å². The van der Waals surface area contributed by atoms with Crippen LogP contribution in [0.15, 0.2) is 0 Å². The molecular weight excluding hydrogens is 294 g/mol. The maximum absolute atomic E-state index is 8.75. The van der Waals surface area contributed by atoms with Crippen LogP contribution in [0.5, 0.6) is 0 Å². The molecule has 3 nitrogen and oxygen atoms in total. The van der Waals surface area contributed by atoms with Gasteiger partial charge in [0.1, 0.15) is 0 Å². The lowest BCUT2D eigenvalue weighted by Crippen LogP contribution is -2.42. The van der Waals surface area contributed by atoms with E-state index in [1.54, 1.807) is 0 Å². The van der Waals surface area contributed by atoms with E-state index in [0.717, 1.165) is 31.3 Å². The van der Waals surface area contributed by atoms with Gasteiger partial charge < -0.3 is 14.7 Å². The van der Waals surface area contributed by atoms with Gasteiger partial charge in [-0.15, -0.1) is 0 Å². The van der Waals surface area contributed by atoms with Crippen molar-refractivity contribution in [2.24, 2.45) is 11.3 Å². The van der Waals surface area contributed by atoms with E-state index in [9.17, 15) is 0 Å². The van der Waals surface area contributed by atoms with E-state index < -0.39 is 0 Å². The van der Waals surface area contributed by atoms with Gasteiger partial charge in [0.2, 0.25) is 0 Å². The molecule has 4 heteroatoms. The number of hydrogen-bond donors (Lipinski definition) is 1. The van der Waals surface area contributed by atoms with Gasteiger partial charge in [0.25, 0.3) is 0 Å². The standard InChI is InChI=1S/C14H28BrNO2/c1-14(2,3)12(10-15)11-16-6-4-13(5-7-16)18-9-8-17/h12-13,17H,4-11H2,1-3H3. The molecule has 1 N–H and O–H groups in total. The van der Waals surface area contributed by atoms with Gasteiger partial charge in [-0.1, -0.05) is 36.7 Å². The van der Waals surface area contributed by atoms with Crippen molar-refractivity contribution in [3.63, 3.8) is 0 Å². The van der Waals surface area contributed by atoms with Gasteiger partial charge in [-0.2, -0.15) is 0 Å². The van der Waals surface area contributed by atoms with Gasteiger partial charge in [-0.05, 0) is 24.2 Å². The van der Waals surface area contributed by atoms with Crippen molar-refractivity contribution in [3.05, 3.63) is 0 Å². The summed E-state index contributed by atoms with van der Waals surface area (Å²) in [6, 6.07) is 0. The lowest BCUT2D eigenvalue weighted by Gasteiger charge is -2.38. The molecule has 18 heavy (non-hydrogen) atoms. The van der Waals surface area contributed by atoms with Crippen LogP contribution in [0.4, 0.5) is 0 Å². The monoisotopic (exact) mass is 321 g/mol. The second-order valence-electron chi connectivity index (χ2n) is 6.31. The molecule has 0 amide bonds. The maximum Gasteiger partial charge on any atom is 0.0701 e. The smallest absolute Gasteiger partial charge is 0.0701 e. The Morgan fingerprint density at radius 1 is 1.33 bits per heavy atom. The van der Waals surface area contributed by atoms with E-state index in [4.69, 9.17) is 9.84 Å². The summed E-state index contributed by atoms with van der Waals surface area (Å²) >= 11 is 3.65. The number of alkyl halides is 1. The molecule has 108 valence electrons. The fraction of sp³-hybridized carbons (Fsp3) is 1.00.